The maximum Gasteiger partial charge on any atom is 0.433 e. The highest BCUT2D eigenvalue weighted by Crippen LogP contribution is 2.31. The molecule has 1 amide bonds. The number of alkyl halides is 3. The molecule has 0 aliphatic rings. The van der Waals surface area contributed by atoms with Gasteiger partial charge in [0.15, 0.2) is 0 Å². The van der Waals surface area contributed by atoms with E-state index < -0.39 is 33.6 Å². The molecular formula is C23H24F4N4O3S. The maximum absolute atomic E-state index is 14.4. The lowest BCUT2D eigenvalue weighted by Crippen LogP contribution is -2.25. The van der Waals surface area contributed by atoms with Gasteiger partial charge in [-0.05, 0) is 49.8 Å². The fraction of sp³-hybridized carbons (Fsp3) is 0.304. The Morgan fingerprint density at radius 1 is 1.23 bits per heavy atom. The molecule has 0 spiro atoms. The molecule has 1 aromatic heterocycles. The number of hydrogen-bond acceptors (Lipinski definition) is 5. The van der Waals surface area contributed by atoms with Crippen molar-refractivity contribution in [3.63, 3.8) is 0 Å². The molecule has 0 aliphatic carbocycles. The van der Waals surface area contributed by atoms with Crippen LogP contribution >= 0.6 is 0 Å². The Bertz CT molecular complexity index is 1260. The van der Waals surface area contributed by atoms with Gasteiger partial charge in [0, 0.05) is 31.3 Å². The molecule has 0 saturated carbocycles. The third kappa shape index (κ3) is 7.71. The van der Waals surface area contributed by atoms with Crippen molar-refractivity contribution in [1.82, 2.24) is 10.3 Å². The number of pyridine rings is 1. The predicted octanol–water partition coefficient (Wildman–Crippen LogP) is 3.77. The minimum Gasteiger partial charge on any atom is -0.357 e. The Kier molecular flexibility index (Phi) is 8.87. The second-order valence-corrected chi connectivity index (χ2v) is 9.10. The average molecular weight is 513 g/mol. The largest absolute Gasteiger partial charge is 0.433 e. The summed E-state index contributed by atoms with van der Waals surface area (Å²) in [6.07, 6.45) is 4.04. The predicted molar refractivity (Wildman–Crippen MR) is 126 cm³/mol. The van der Waals surface area contributed by atoms with Crippen LogP contribution in [0.2, 0.25) is 0 Å². The van der Waals surface area contributed by atoms with E-state index in [2.05, 4.69) is 16.2 Å². The van der Waals surface area contributed by atoms with Gasteiger partial charge in [0.25, 0.3) is 0 Å². The molecule has 1 heterocycles. The summed E-state index contributed by atoms with van der Waals surface area (Å²) in [4.78, 5) is 17.6. The molecule has 2 aromatic rings. The number of benzene rings is 1. The van der Waals surface area contributed by atoms with Crippen LogP contribution in [0.5, 0.6) is 0 Å². The van der Waals surface area contributed by atoms with E-state index in [9.17, 15) is 30.8 Å². The van der Waals surface area contributed by atoms with Gasteiger partial charge in [-0.25, -0.2) is 17.8 Å². The van der Waals surface area contributed by atoms with Crippen molar-refractivity contribution in [2.24, 2.45) is 0 Å². The van der Waals surface area contributed by atoms with E-state index in [1.54, 1.807) is 18.7 Å². The van der Waals surface area contributed by atoms with Gasteiger partial charge in [0.1, 0.15) is 17.3 Å². The summed E-state index contributed by atoms with van der Waals surface area (Å²) in [5.74, 6) is 0.766. The van der Waals surface area contributed by atoms with E-state index in [-0.39, 0.29) is 29.2 Å². The number of amides is 1. The Labute approximate surface area is 201 Å². The van der Waals surface area contributed by atoms with Gasteiger partial charge in [-0.3, -0.25) is 9.52 Å². The van der Waals surface area contributed by atoms with Crippen molar-refractivity contribution < 1.29 is 30.8 Å². The summed E-state index contributed by atoms with van der Waals surface area (Å²) >= 11 is 0. The first kappa shape index (κ1) is 27.7. The average Bonchev–Trinajstić information content (AvgIpc) is 2.77. The zero-order valence-electron chi connectivity index (χ0n) is 19.2. The summed E-state index contributed by atoms with van der Waals surface area (Å²) < 4.78 is 78.5. The van der Waals surface area contributed by atoms with Crippen LogP contribution in [0.15, 0.2) is 30.3 Å². The summed E-state index contributed by atoms with van der Waals surface area (Å²) in [7, 11) is -3.76. The minimum absolute atomic E-state index is 0.0464. The lowest BCUT2D eigenvalue weighted by molar-refractivity contribution is -0.141. The monoisotopic (exact) mass is 512 g/mol. The van der Waals surface area contributed by atoms with Gasteiger partial charge >= 0.3 is 6.18 Å². The molecule has 7 nitrogen and oxygen atoms in total. The van der Waals surface area contributed by atoms with Gasteiger partial charge in [0.05, 0.1) is 17.5 Å². The molecule has 12 heteroatoms. The molecule has 0 aliphatic heterocycles. The van der Waals surface area contributed by atoms with Crippen molar-refractivity contribution in [3.05, 3.63) is 58.5 Å². The quantitative estimate of drug-likeness (QED) is 0.303. The Balaban J connectivity index is 2.22. The number of halogens is 4. The molecule has 0 atom stereocenters. The van der Waals surface area contributed by atoms with E-state index in [0.717, 1.165) is 24.5 Å². The normalized spacial score (nSPS) is 11.8. The number of sulfonamides is 1. The Morgan fingerprint density at radius 3 is 2.43 bits per heavy atom. The molecule has 35 heavy (non-hydrogen) atoms. The number of rotatable bonds is 9. The number of aromatic nitrogens is 1. The molecule has 2 rings (SSSR count). The van der Waals surface area contributed by atoms with Crippen LogP contribution in [0.25, 0.3) is 6.08 Å². The Hall–Kier alpha value is -3.59. The van der Waals surface area contributed by atoms with Gasteiger partial charge < -0.3 is 10.2 Å². The van der Waals surface area contributed by atoms with Crippen molar-refractivity contribution >= 4 is 33.5 Å². The number of terminal acetylenes is 1. The van der Waals surface area contributed by atoms with Crippen molar-refractivity contribution in [2.45, 2.75) is 26.6 Å². The molecule has 0 saturated heterocycles. The van der Waals surface area contributed by atoms with Gasteiger partial charge in [-0.1, -0.05) is 5.92 Å². The first-order valence-electron chi connectivity index (χ1n) is 10.3. The van der Waals surface area contributed by atoms with Crippen LogP contribution in [0.4, 0.5) is 29.1 Å². The smallest absolute Gasteiger partial charge is 0.357 e. The number of carbonyl (C=O) groups is 1. The zero-order valence-corrected chi connectivity index (χ0v) is 20.0. The maximum atomic E-state index is 14.4. The zero-order chi connectivity index (χ0) is 26.4. The van der Waals surface area contributed by atoms with Crippen molar-refractivity contribution in [3.8, 4) is 12.3 Å². The first-order chi connectivity index (χ1) is 16.3. The summed E-state index contributed by atoms with van der Waals surface area (Å²) in [6, 6.07) is 4.44. The number of nitrogens with one attached hydrogen (secondary N) is 2. The van der Waals surface area contributed by atoms with Crippen molar-refractivity contribution in [1.29, 1.82) is 0 Å². The highest BCUT2D eigenvalue weighted by Gasteiger charge is 2.33. The van der Waals surface area contributed by atoms with Crippen LogP contribution in [-0.2, 0) is 27.5 Å². The molecule has 2 N–H and O–H groups in total. The lowest BCUT2D eigenvalue weighted by Gasteiger charge is -2.23. The lowest BCUT2D eigenvalue weighted by atomic mass is 10.1. The highest BCUT2D eigenvalue weighted by atomic mass is 32.2. The van der Waals surface area contributed by atoms with Crippen LogP contribution in [0.3, 0.4) is 0 Å². The Morgan fingerprint density at radius 2 is 1.89 bits per heavy atom. The fourth-order valence-electron chi connectivity index (χ4n) is 3.10. The van der Waals surface area contributed by atoms with Crippen LogP contribution < -0.4 is 14.9 Å². The van der Waals surface area contributed by atoms with Crippen LogP contribution in [-0.4, -0.2) is 38.7 Å². The third-order valence-electron chi connectivity index (χ3n) is 4.73. The molecule has 0 fully saturated rings. The van der Waals surface area contributed by atoms with E-state index >= 15 is 0 Å². The van der Waals surface area contributed by atoms with E-state index in [1.807, 2.05) is 4.72 Å². The summed E-state index contributed by atoms with van der Waals surface area (Å²) in [5, 5.41) is 2.51. The van der Waals surface area contributed by atoms with Gasteiger partial charge in [0.2, 0.25) is 15.9 Å². The second-order valence-electron chi connectivity index (χ2n) is 7.35. The molecule has 0 radical (unpaired) electrons. The second kappa shape index (κ2) is 11.2. The highest BCUT2D eigenvalue weighted by molar-refractivity contribution is 7.92. The van der Waals surface area contributed by atoms with Gasteiger partial charge in [-0.15, -0.1) is 6.42 Å². The van der Waals surface area contributed by atoms with Crippen molar-refractivity contribution in [2.75, 3.05) is 29.0 Å². The van der Waals surface area contributed by atoms with E-state index in [4.69, 9.17) is 6.42 Å². The van der Waals surface area contributed by atoms with Gasteiger partial charge in [-0.2, -0.15) is 13.2 Å². The molecule has 0 bridgehead atoms. The SMILES string of the molecule is C#Cc1cc(CNC(=O)/C=C/c2ccc(C(F)(F)F)nc2N(CC)CC)cc(F)c1NS(C)(=O)=O. The standard InChI is InChI=1S/C23H24F4N4O3S/c1-5-16-12-15(13-18(24)21(16)30-35(4,33)34)14-28-20(32)11-9-17-8-10-19(23(25,26)27)29-22(17)31(6-2)7-3/h1,8-13,30H,6-7,14H2,2-4H3,(H,28,32)/b11-9+. The number of carbonyl (C=O) groups excluding carboxylic acids is 1. The third-order valence-corrected chi connectivity index (χ3v) is 5.31. The summed E-state index contributed by atoms with van der Waals surface area (Å²) in [5.41, 5.74) is -0.871. The van der Waals surface area contributed by atoms with Crippen LogP contribution in [0, 0.1) is 18.2 Å². The van der Waals surface area contributed by atoms with E-state index in [1.165, 1.54) is 18.2 Å². The molecular weight excluding hydrogens is 488 g/mol. The van der Waals surface area contributed by atoms with Crippen LogP contribution in [0.1, 0.15) is 36.2 Å². The fourth-order valence-corrected chi connectivity index (χ4v) is 3.68. The number of nitrogens with zero attached hydrogens (tertiary/aromatic N) is 2. The molecule has 1 aromatic carbocycles. The topological polar surface area (TPSA) is 91.4 Å². The molecule has 0 unspecified atom stereocenters. The molecule has 188 valence electrons. The summed E-state index contributed by atoms with van der Waals surface area (Å²) in [6.45, 7) is 4.22. The number of anilines is 2. The first-order valence-corrected chi connectivity index (χ1v) is 12.2. The van der Waals surface area contributed by atoms with E-state index in [0.29, 0.717) is 18.7 Å². The minimum atomic E-state index is -4.61. The number of hydrogen-bond donors (Lipinski definition) is 2.